The van der Waals surface area contributed by atoms with Crippen LogP contribution in [0.3, 0.4) is 0 Å². The molecule has 10 heteroatoms. The average molecular weight is 581 g/mol. The van der Waals surface area contributed by atoms with Crippen molar-refractivity contribution in [3.8, 4) is 18.4 Å². The number of hydrogen-bond acceptors (Lipinski definition) is 7. The molecule has 1 aliphatic heterocycles. The van der Waals surface area contributed by atoms with Crippen molar-refractivity contribution in [3.05, 3.63) is 77.4 Å². The van der Waals surface area contributed by atoms with Gasteiger partial charge in [-0.05, 0) is 48.1 Å². The van der Waals surface area contributed by atoms with Gasteiger partial charge in [0.25, 0.3) is 6.43 Å². The molecule has 6 rings (SSSR count). The number of nitriles is 1. The van der Waals surface area contributed by atoms with Crippen LogP contribution in [-0.2, 0) is 7.05 Å². The van der Waals surface area contributed by atoms with E-state index >= 15 is 0 Å². The van der Waals surface area contributed by atoms with Gasteiger partial charge in [-0.15, -0.1) is 12.0 Å². The number of aryl methyl sites for hydroxylation is 1. The molecule has 1 aliphatic carbocycles. The minimum Gasteiger partial charge on any atom is -0.383 e. The highest BCUT2D eigenvalue weighted by atomic mass is 19.3. The molecular formula is C33H34F2N8. The van der Waals surface area contributed by atoms with Crippen molar-refractivity contribution in [2.45, 2.75) is 51.6 Å². The summed E-state index contributed by atoms with van der Waals surface area (Å²) in [6.07, 6.45) is 9.51. The zero-order chi connectivity index (χ0) is 30.5. The first-order valence-corrected chi connectivity index (χ1v) is 14.2. The third kappa shape index (κ3) is 5.09. The van der Waals surface area contributed by atoms with Crippen molar-refractivity contribution in [2.24, 2.45) is 12.5 Å². The van der Waals surface area contributed by atoms with E-state index in [1.807, 2.05) is 48.1 Å². The van der Waals surface area contributed by atoms with Crippen LogP contribution in [0.25, 0.3) is 21.8 Å². The Bertz CT molecular complexity index is 1830. The summed E-state index contributed by atoms with van der Waals surface area (Å²) in [6.45, 7) is 7.03. The third-order valence-electron chi connectivity index (χ3n) is 8.17. The van der Waals surface area contributed by atoms with Crippen molar-refractivity contribution in [1.29, 1.82) is 5.26 Å². The maximum atomic E-state index is 14.0. The molecule has 1 saturated carbocycles. The molecule has 1 atom stereocenters. The zero-order valence-electron chi connectivity index (χ0n) is 24.6. The lowest BCUT2D eigenvalue weighted by Gasteiger charge is -2.25. The molecule has 3 heterocycles. The number of alkyl halides is 2. The Morgan fingerprint density at radius 2 is 1.95 bits per heavy atom. The molecule has 0 saturated heterocycles. The number of hydrazine groups is 2. The Labute approximate surface area is 249 Å². The predicted octanol–water partition coefficient (Wildman–Crippen LogP) is 6.15. The van der Waals surface area contributed by atoms with E-state index in [4.69, 9.17) is 6.42 Å². The number of terminal acetylenes is 1. The summed E-state index contributed by atoms with van der Waals surface area (Å²) >= 11 is 0. The van der Waals surface area contributed by atoms with Crippen molar-refractivity contribution >= 4 is 33.2 Å². The first-order chi connectivity index (χ1) is 20.5. The fourth-order valence-electron chi connectivity index (χ4n) is 5.60. The molecule has 2 aromatic heterocycles. The van der Waals surface area contributed by atoms with Gasteiger partial charge in [0.2, 0.25) is 0 Å². The molecule has 2 aliphatic rings. The average Bonchev–Trinajstić information content (AvgIpc) is 3.50. The highest BCUT2D eigenvalue weighted by molar-refractivity contribution is 5.99. The van der Waals surface area contributed by atoms with Crippen LogP contribution in [0, 0.1) is 29.1 Å². The number of nitrogens with one attached hydrogen (secondary N) is 4. The lowest BCUT2D eigenvalue weighted by molar-refractivity contribution is 0.00911. The number of fused-ring (bicyclic) bond motifs is 2. The third-order valence-corrected chi connectivity index (χ3v) is 8.17. The number of halogens is 2. The Morgan fingerprint density at radius 1 is 1.16 bits per heavy atom. The lowest BCUT2D eigenvalue weighted by atomic mass is 9.96. The van der Waals surface area contributed by atoms with E-state index in [0.717, 1.165) is 27.5 Å². The summed E-state index contributed by atoms with van der Waals surface area (Å²) < 4.78 is 30.0. The van der Waals surface area contributed by atoms with Crippen LogP contribution < -0.4 is 21.6 Å². The lowest BCUT2D eigenvalue weighted by Crippen LogP contribution is -2.48. The van der Waals surface area contributed by atoms with E-state index in [9.17, 15) is 14.0 Å². The van der Waals surface area contributed by atoms with Crippen molar-refractivity contribution in [1.82, 2.24) is 25.5 Å². The minimum absolute atomic E-state index is 0.0223. The molecule has 0 unspecified atom stereocenters. The van der Waals surface area contributed by atoms with Crippen LogP contribution >= 0.6 is 0 Å². The fraction of sp³-hybridized carbons (Fsp3) is 0.333. The Balaban J connectivity index is 1.48. The Hall–Kier alpha value is -4.80. The van der Waals surface area contributed by atoms with E-state index in [2.05, 4.69) is 59.3 Å². The second-order valence-corrected chi connectivity index (χ2v) is 12.5. The Morgan fingerprint density at radius 3 is 2.63 bits per heavy atom. The predicted molar refractivity (Wildman–Crippen MR) is 166 cm³/mol. The fourth-order valence-corrected chi connectivity index (χ4v) is 5.60. The summed E-state index contributed by atoms with van der Waals surface area (Å²) in [5, 5.41) is 20.5. The summed E-state index contributed by atoms with van der Waals surface area (Å²) in [4.78, 5) is 4.54. The Kier molecular flexibility index (Phi) is 6.90. The van der Waals surface area contributed by atoms with Crippen LogP contribution in [0.1, 0.15) is 56.3 Å². The molecular weight excluding hydrogens is 546 g/mol. The summed E-state index contributed by atoms with van der Waals surface area (Å²) in [5.41, 5.74) is 10.4. The van der Waals surface area contributed by atoms with Crippen LogP contribution in [0.15, 0.2) is 60.7 Å². The SMILES string of the molecule is C#Cc1cnc2c(C#N)cc(N[C@H](C3=CN(C4(C(F)F)CC4)NN3)c3cccc4c3ccn4C)cc2c1NCC(C)(C)C. The van der Waals surface area contributed by atoms with Crippen molar-refractivity contribution in [3.63, 3.8) is 0 Å². The van der Waals surface area contributed by atoms with E-state index in [-0.39, 0.29) is 5.41 Å². The molecule has 4 aromatic rings. The molecule has 8 nitrogen and oxygen atoms in total. The number of anilines is 2. The van der Waals surface area contributed by atoms with Crippen LogP contribution in [0.5, 0.6) is 0 Å². The van der Waals surface area contributed by atoms with Crippen molar-refractivity contribution < 1.29 is 8.78 Å². The number of pyridine rings is 1. The highest BCUT2D eigenvalue weighted by Crippen LogP contribution is 2.47. The zero-order valence-corrected chi connectivity index (χ0v) is 24.6. The number of nitrogens with zero attached hydrogens (tertiary/aromatic N) is 4. The maximum Gasteiger partial charge on any atom is 0.262 e. The van der Waals surface area contributed by atoms with E-state index < -0.39 is 18.0 Å². The minimum atomic E-state index is -2.49. The summed E-state index contributed by atoms with van der Waals surface area (Å²) in [6, 6.07) is 13.6. The molecule has 0 radical (unpaired) electrons. The normalized spacial score (nSPS) is 16.5. The molecule has 0 amide bonds. The number of benzene rings is 2. The van der Waals surface area contributed by atoms with E-state index in [0.29, 0.717) is 47.4 Å². The van der Waals surface area contributed by atoms with Crippen LogP contribution in [0.4, 0.5) is 20.2 Å². The summed E-state index contributed by atoms with van der Waals surface area (Å²) in [5.74, 6) is 2.72. The first-order valence-electron chi connectivity index (χ1n) is 14.2. The molecule has 220 valence electrons. The topological polar surface area (TPSA) is 93.0 Å². The molecule has 0 spiro atoms. The number of aromatic nitrogens is 2. The van der Waals surface area contributed by atoms with Crippen molar-refractivity contribution in [2.75, 3.05) is 17.2 Å². The van der Waals surface area contributed by atoms with Crippen LogP contribution in [0.2, 0.25) is 0 Å². The van der Waals surface area contributed by atoms with Gasteiger partial charge in [0, 0.05) is 54.2 Å². The van der Waals surface area contributed by atoms with Gasteiger partial charge in [0.15, 0.2) is 0 Å². The van der Waals surface area contributed by atoms with Gasteiger partial charge in [-0.25, -0.2) is 8.78 Å². The second kappa shape index (κ2) is 10.5. The smallest absolute Gasteiger partial charge is 0.262 e. The monoisotopic (exact) mass is 580 g/mol. The van der Waals surface area contributed by atoms with E-state index in [1.165, 1.54) is 5.01 Å². The van der Waals surface area contributed by atoms with Gasteiger partial charge in [-0.1, -0.05) is 38.8 Å². The standard InChI is InChI=1S/C33H34F2N8/c1-6-20-17-37-29-21(16-36)14-22(15-25(29)28(20)38-19-32(2,3)4)39-30(24-8-7-9-27-23(24)10-13-42(27)5)26-18-43(41-40-26)33(11-12-33)31(34)35/h1,7-10,13-15,17-18,30-31,39-41H,11-12,19H2,2-5H3,(H,37,38)/t30-/m0/s1. The highest BCUT2D eigenvalue weighted by Gasteiger charge is 2.56. The molecule has 2 aromatic carbocycles. The van der Waals surface area contributed by atoms with Gasteiger partial charge < -0.3 is 20.6 Å². The van der Waals surface area contributed by atoms with E-state index in [1.54, 1.807) is 18.5 Å². The molecule has 43 heavy (non-hydrogen) atoms. The van der Waals surface area contributed by atoms with Crippen LogP contribution in [-0.4, -0.2) is 33.1 Å². The second-order valence-electron chi connectivity index (χ2n) is 12.5. The van der Waals surface area contributed by atoms with Gasteiger partial charge in [-0.3, -0.25) is 9.99 Å². The molecule has 4 N–H and O–H groups in total. The number of hydrogen-bond donors (Lipinski definition) is 4. The number of rotatable bonds is 8. The quantitative estimate of drug-likeness (QED) is 0.186. The maximum absolute atomic E-state index is 14.0. The largest absolute Gasteiger partial charge is 0.383 e. The molecule has 0 bridgehead atoms. The van der Waals surface area contributed by atoms with Gasteiger partial charge >= 0.3 is 0 Å². The van der Waals surface area contributed by atoms with Gasteiger partial charge in [-0.2, -0.15) is 5.26 Å². The summed E-state index contributed by atoms with van der Waals surface area (Å²) in [7, 11) is 1.98. The molecule has 1 fully saturated rings. The van der Waals surface area contributed by atoms with Gasteiger partial charge in [0.05, 0.1) is 34.1 Å². The van der Waals surface area contributed by atoms with Gasteiger partial charge in [0.1, 0.15) is 11.6 Å². The first kappa shape index (κ1) is 28.3.